The smallest absolute Gasteiger partial charge is 0.0945 e. The summed E-state index contributed by atoms with van der Waals surface area (Å²) in [6, 6.07) is 0. The Hall–Kier alpha value is -0.440. The molecule has 1 fully saturated rings. The van der Waals surface area contributed by atoms with Crippen LogP contribution in [0, 0.1) is 5.92 Å². The summed E-state index contributed by atoms with van der Waals surface area (Å²) >= 11 is 2.27. The fraction of sp³-hybridized carbons (Fsp3) is 0.857. The average molecular weight is 351 g/mol. The van der Waals surface area contributed by atoms with Gasteiger partial charge in [0, 0.05) is 24.2 Å². The van der Waals surface area contributed by atoms with E-state index in [1.807, 2.05) is 12.5 Å². The van der Waals surface area contributed by atoms with Gasteiger partial charge in [0.1, 0.15) is 0 Å². The molecule has 1 heterocycles. The predicted octanol–water partition coefficient (Wildman–Crippen LogP) is 6.71. The Morgan fingerprint density at radius 2 is 1.88 bits per heavy atom. The Labute approximate surface area is 154 Å². The molecule has 1 atom stereocenters. The van der Waals surface area contributed by atoms with E-state index in [-0.39, 0.29) is 0 Å². The number of aromatic nitrogens is 2. The highest BCUT2D eigenvalue weighted by Gasteiger charge is 2.19. The molecule has 0 bridgehead atoms. The fourth-order valence-corrected chi connectivity index (χ4v) is 5.29. The number of thioether (sulfide) groups is 1. The molecule has 0 aliphatic heterocycles. The van der Waals surface area contributed by atoms with Crippen molar-refractivity contribution >= 4 is 11.8 Å². The van der Waals surface area contributed by atoms with E-state index < -0.39 is 0 Å². The Balaban J connectivity index is 1.65. The average Bonchev–Trinajstić information content (AvgIpc) is 3.13. The lowest BCUT2D eigenvalue weighted by Crippen LogP contribution is -2.16. The zero-order valence-electron chi connectivity index (χ0n) is 15.8. The van der Waals surface area contributed by atoms with Gasteiger partial charge in [-0.05, 0) is 30.9 Å². The predicted molar refractivity (Wildman–Crippen MR) is 108 cm³/mol. The SMILES string of the molecule is CCCCCCCCSC(CCn1ccnc1)CC1CCCCC1. The molecule has 1 aliphatic carbocycles. The van der Waals surface area contributed by atoms with E-state index in [0.29, 0.717) is 0 Å². The minimum absolute atomic E-state index is 0.853. The van der Waals surface area contributed by atoms with Crippen molar-refractivity contribution in [3.63, 3.8) is 0 Å². The topological polar surface area (TPSA) is 17.8 Å². The maximum atomic E-state index is 4.18. The summed E-state index contributed by atoms with van der Waals surface area (Å²) in [5.41, 5.74) is 0. The van der Waals surface area contributed by atoms with Crippen LogP contribution in [0.5, 0.6) is 0 Å². The number of unbranched alkanes of at least 4 members (excludes halogenated alkanes) is 5. The van der Waals surface area contributed by atoms with Crippen molar-refractivity contribution in [3.8, 4) is 0 Å². The molecule has 0 spiro atoms. The molecule has 24 heavy (non-hydrogen) atoms. The lowest BCUT2D eigenvalue weighted by atomic mass is 9.85. The molecular formula is C21H38N2S. The first-order valence-electron chi connectivity index (χ1n) is 10.5. The van der Waals surface area contributed by atoms with Gasteiger partial charge in [-0.15, -0.1) is 0 Å². The molecule has 1 saturated carbocycles. The van der Waals surface area contributed by atoms with Crippen molar-refractivity contribution in [2.75, 3.05) is 5.75 Å². The van der Waals surface area contributed by atoms with Crippen molar-refractivity contribution in [2.24, 2.45) is 5.92 Å². The first-order chi connectivity index (χ1) is 11.9. The molecule has 0 N–H and O–H groups in total. The normalized spacial score (nSPS) is 17.2. The molecule has 1 aromatic rings. The molecule has 1 aliphatic rings. The number of aryl methyl sites for hydroxylation is 1. The second kappa shape index (κ2) is 12.9. The number of hydrogen-bond acceptors (Lipinski definition) is 2. The number of hydrogen-bond donors (Lipinski definition) is 0. The van der Waals surface area contributed by atoms with Crippen LogP contribution in [-0.4, -0.2) is 20.6 Å². The molecule has 138 valence electrons. The van der Waals surface area contributed by atoms with E-state index in [1.54, 1.807) is 0 Å². The van der Waals surface area contributed by atoms with Gasteiger partial charge in [0.15, 0.2) is 0 Å². The highest BCUT2D eigenvalue weighted by Crippen LogP contribution is 2.32. The highest BCUT2D eigenvalue weighted by atomic mass is 32.2. The first kappa shape index (κ1) is 19.9. The van der Waals surface area contributed by atoms with Crippen LogP contribution in [0.15, 0.2) is 18.7 Å². The molecule has 0 saturated heterocycles. The Kier molecular flexibility index (Phi) is 10.6. The van der Waals surface area contributed by atoms with Gasteiger partial charge in [0.25, 0.3) is 0 Å². The molecule has 3 heteroatoms. The second-order valence-corrected chi connectivity index (χ2v) is 9.00. The lowest BCUT2D eigenvalue weighted by molar-refractivity contribution is 0.331. The summed E-state index contributed by atoms with van der Waals surface area (Å²) < 4.78 is 2.25. The van der Waals surface area contributed by atoms with Gasteiger partial charge < -0.3 is 4.57 Å². The molecule has 1 aromatic heterocycles. The van der Waals surface area contributed by atoms with Gasteiger partial charge in [-0.2, -0.15) is 11.8 Å². The standard InChI is InChI=1S/C21H38N2S/c1-2-3-4-5-6-10-17-24-21(13-15-23-16-14-22-19-23)18-20-11-8-7-9-12-20/h14,16,19-21H,2-13,15,17-18H2,1H3. The summed E-state index contributed by atoms with van der Waals surface area (Å²) in [7, 11) is 0. The maximum Gasteiger partial charge on any atom is 0.0945 e. The molecule has 2 nitrogen and oxygen atoms in total. The van der Waals surface area contributed by atoms with Crippen molar-refractivity contribution in [3.05, 3.63) is 18.7 Å². The Morgan fingerprint density at radius 3 is 2.62 bits per heavy atom. The van der Waals surface area contributed by atoms with Crippen LogP contribution in [0.1, 0.15) is 90.4 Å². The van der Waals surface area contributed by atoms with E-state index >= 15 is 0 Å². The number of nitrogens with zero attached hydrogens (tertiary/aromatic N) is 2. The summed E-state index contributed by atoms with van der Waals surface area (Å²) in [5.74, 6) is 2.37. The van der Waals surface area contributed by atoms with Gasteiger partial charge in [-0.25, -0.2) is 4.98 Å². The fourth-order valence-electron chi connectivity index (χ4n) is 3.91. The molecule has 0 aromatic carbocycles. The minimum atomic E-state index is 0.853. The van der Waals surface area contributed by atoms with Crippen LogP contribution in [0.25, 0.3) is 0 Å². The molecule has 0 amide bonds. The van der Waals surface area contributed by atoms with E-state index in [1.165, 1.54) is 89.2 Å². The molecule has 1 unspecified atom stereocenters. The quantitative estimate of drug-likeness (QED) is 0.368. The van der Waals surface area contributed by atoms with Gasteiger partial charge in [0.2, 0.25) is 0 Å². The second-order valence-electron chi connectivity index (χ2n) is 7.59. The van der Waals surface area contributed by atoms with Gasteiger partial charge in [-0.3, -0.25) is 0 Å². The third kappa shape index (κ3) is 8.60. The van der Waals surface area contributed by atoms with Crippen LogP contribution < -0.4 is 0 Å². The monoisotopic (exact) mass is 350 g/mol. The third-order valence-corrected chi connectivity index (χ3v) is 6.86. The summed E-state index contributed by atoms with van der Waals surface area (Å²) in [5, 5.41) is 0.853. The summed E-state index contributed by atoms with van der Waals surface area (Å²) in [6.45, 7) is 3.44. The largest absolute Gasteiger partial charge is 0.337 e. The van der Waals surface area contributed by atoms with Crippen LogP contribution >= 0.6 is 11.8 Å². The zero-order chi connectivity index (χ0) is 16.9. The van der Waals surface area contributed by atoms with Crippen molar-refractivity contribution in [1.29, 1.82) is 0 Å². The van der Waals surface area contributed by atoms with E-state index in [0.717, 1.165) is 17.7 Å². The Morgan fingerprint density at radius 1 is 1.08 bits per heavy atom. The summed E-state index contributed by atoms with van der Waals surface area (Å²) in [6.07, 6.45) is 24.6. The molecule has 0 radical (unpaired) electrons. The number of imidazole rings is 1. The van der Waals surface area contributed by atoms with Crippen molar-refractivity contribution in [1.82, 2.24) is 9.55 Å². The molecular weight excluding hydrogens is 312 g/mol. The van der Waals surface area contributed by atoms with Gasteiger partial charge >= 0.3 is 0 Å². The molecule has 2 rings (SSSR count). The maximum absolute atomic E-state index is 4.18. The van der Waals surface area contributed by atoms with Crippen LogP contribution in [0.3, 0.4) is 0 Å². The first-order valence-corrected chi connectivity index (χ1v) is 11.5. The third-order valence-electron chi connectivity index (χ3n) is 5.44. The van der Waals surface area contributed by atoms with Crippen molar-refractivity contribution < 1.29 is 0 Å². The minimum Gasteiger partial charge on any atom is -0.337 e. The van der Waals surface area contributed by atoms with E-state index in [9.17, 15) is 0 Å². The highest BCUT2D eigenvalue weighted by molar-refractivity contribution is 7.99. The summed E-state index contributed by atoms with van der Waals surface area (Å²) in [4.78, 5) is 4.18. The lowest BCUT2D eigenvalue weighted by Gasteiger charge is -2.26. The van der Waals surface area contributed by atoms with Crippen LogP contribution in [-0.2, 0) is 6.54 Å². The van der Waals surface area contributed by atoms with Gasteiger partial charge in [-0.1, -0.05) is 71.1 Å². The van der Waals surface area contributed by atoms with Crippen molar-refractivity contribution in [2.45, 2.75) is 102 Å². The number of rotatable bonds is 13. The van der Waals surface area contributed by atoms with E-state index in [2.05, 4.69) is 34.4 Å². The Bertz CT molecular complexity index is 385. The van der Waals surface area contributed by atoms with E-state index in [4.69, 9.17) is 0 Å². The van der Waals surface area contributed by atoms with Gasteiger partial charge in [0.05, 0.1) is 6.33 Å². The van der Waals surface area contributed by atoms with Crippen LogP contribution in [0.2, 0.25) is 0 Å². The van der Waals surface area contributed by atoms with Crippen LogP contribution in [0.4, 0.5) is 0 Å². The zero-order valence-corrected chi connectivity index (χ0v) is 16.6.